The van der Waals surface area contributed by atoms with E-state index in [1.807, 2.05) is 25.4 Å². The predicted molar refractivity (Wildman–Crippen MR) is 74.1 cm³/mol. The molecule has 2 rings (SSSR count). The summed E-state index contributed by atoms with van der Waals surface area (Å²) in [5.74, 6) is -0.922. The van der Waals surface area contributed by atoms with Gasteiger partial charge in [-0.1, -0.05) is 12.1 Å². The van der Waals surface area contributed by atoms with Crippen molar-refractivity contribution in [2.75, 3.05) is 7.05 Å². The van der Waals surface area contributed by atoms with E-state index in [9.17, 15) is 4.79 Å². The first-order chi connectivity index (χ1) is 9.11. The van der Waals surface area contributed by atoms with Gasteiger partial charge in [0.1, 0.15) is 0 Å². The van der Waals surface area contributed by atoms with Crippen LogP contribution < -0.4 is 5.32 Å². The molecule has 4 heteroatoms. The van der Waals surface area contributed by atoms with Crippen LogP contribution in [0.4, 0.5) is 0 Å². The summed E-state index contributed by atoms with van der Waals surface area (Å²) in [4.78, 5) is 15.2. The second kappa shape index (κ2) is 5.63. The Morgan fingerprint density at radius 2 is 2.05 bits per heavy atom. The van der Waals surface area contributed by atoms with Crippen molar-refractivity contribution in [2.45, 2.75) is 13.0 Å². The fourth-order valence-electron chi connectivity index (χ4n) is 1.85. The molecular weight excluding hydrogens is 240 g/mol. The number of nitrogens with zero attached hydrogens (tertiary/aromatic N) is 1. The molecule has 19 heavy (non-hydrogen) atoms. The summed E-state index contributed by atoms with van der Waals surface area (Å²) in [5.41, 5.74) is 3.13. The van der Waals surface area contributed by atoms with Crippen LogP contribution in [0.3, 0.4) is 0 Å². The summed E-state index contributed by atoms with van der Waals surface area (Å²) in [6.45, 7) is 2.05. The number of pyridine rings is 1. The van der Waals surface area contributed by atoms with E-state index < -0.39 is 5.97 Å². The highest BCUT2D eigenvalue weighted by Gasteiger charge is 2.08. The van der Waals surface area contributed by atoms with Gasteiger partial charge >= 0.3 is 5.97 Å². The molecule has 0 saturated carbocycles. The van der Waals surface area contributed by atoms with E-state index in [0.717, 1.165) is 16.7 Å². The molecule has 98 valence electrons. The molecule has 0 radical (unpaired) electrons. The number of benzene rings is 1. The molecule has 1 aromatic heterocycles. The van der Waals surface area contributed by atoms with E-state index in [4.69, 9.17) is 5.11 Å². The Labute approximate surface area is 112 Å². The Hall–Kier alpha value is -2.20. The summed E-state index contributed by atoms with van der Waals surface area (Å²) < 4.78 is 0. The van der Waals surface area contributed by atoms with Gasteiger partial charge in [0.05, 0.1) is 5.56 Å². The van der Waals surface area contributed by atoms with Gasteiger partial charge in [-0.05, 0) is 43.3 Å². The van der Waals surface area contributed by atoms with Crippen molar-refractivity contribution in [3.8, 4) is 11.1 Å². The molecular formula is C15H16N2O2. The largest absolute Gasteiger partial charge is 0.478 e. The van der Waals surface area contributed by atoms with E-state index in [-0.39, 0.29) is 11.6 Å². The van der Waals surface area contributed by atoms with Crippen LogP contribution in [-0.2, 0) is 0 Å². The van der Waals surface area contributed by atoms with E-state index in [1.165, 1.54) is 0 Å². The molecule has 0 amide bonds. The van der Waals surface area contributed by atoms with Gasteiger partial charge in [-0.2, -0.15) is 0 Å². The lowest BCUT2D eigenvalue weighted by Gasteiger charge is -2.11. The normalized spacial score (nSPS) is 12.1. The van der Waals surface area contributed by atoms with Crippen LogP contribution in [0.15, 0.2) is 42.7 Å². The minimum Gasteiger partial charge on any atom is -0.478 e. The van der Waals surface area contributed by atoms with Crippen LogP contribution >= 0.6 is 0 Å². The van der Waals surface area contributed by atoms with E-state index in [1.54, 1.807) is 24.4 Å². The highest BCUT2D eigenvalue weighted by atomic mass is 16.4. The van der Waals surface area contributed by atoms with Gasteiger partial charge in [-0.3, -0.25) is 4.98 Å². The Morgan fingerprint density at radius 3 is 2.74 bits per heavy atom. The second-order valence-corrected chi connectivity index (χ2v) is 4.40. The summed E-state index contributed by atoms with van der Waals surface area (Å²) in [7, 11) is 1.89. The fraction of sp³-hybridized carbons (Fsp3) is 0.200. The van der Waals surface area contributed by atoms with E-state index >= 15 is 0 Å². The zero-order valence-corrected chi connectivity index (χ0v) is 10.9. The number of hydrogen-bond donors (Lipinski definition) is 2. The molecule has 0 bridgehead atoms. The number of nitrogens with one attached hydrogen (secondary N) is 1. The quantitative estimate of drug-likeness (QED) is 0.883. The first-order valence-corrected chi connectivity index (χ1v) is 6.07. The minimum absolute atomic E-state index is 0.204. The molecule has 2 N–H and O–H groups in total. The minimum atomic E-state index is -0.922. The molecule has 2 aromatic rings. The van der Waals surface area contributed by atoms with E-state index in [0.29, 0.717) is 0 Å². The van der Waals surface area contributed by atoms with Crippen molar-refractivity contribution in [2.24, 2.45) is 0 Å². The summed E-state index contributed by atoms with van der Waals surface area (Å²) in [5, 5.41) is 12.2. The number of aromatic nitrogens is 1. The Balaban J connectivity index is 2.41. The van der Waals surface area contributed by atoms with Crippen LogP contribution in [0, 0.1) is 0 Å². The van der Waals surface area contributed by atoms with Gasteiger partial charge in [0.15, 0.2) is 0 Å². The highest BCUT2D eigenvalue weighted by Crippen LogP contribution is 2.22. The molecule has 0 aliphatic rings. The maximum absolute atomic E-state index is 11.0. The topological polar surface area (TPSA) is 62.2 Å². The summed E-state index contributed by atoms with van der Waals surface area (Å²) >= 11 is 0. The van der Waals surface area contributed by atoms with Crippen LogP contribution in [0.2, 0.25) is 0 Å². The number of aromatic carboxylic acids is 1. The molecule has 0 saturated heterocycles. The van der Waals surface area contributed by atoms with Crippen molar-refractivity contribution >= 4 is 5.97 Å². The number of carboxylic acid groups (broad SMARTS) is 1. The monoisotopic (exact) mass is 256 g/mol. The summed E-state index contributed by atoms with van der Waals surface area (Å²) in [6.07, 6.45) is 3.55. The standard InChI is InChI=1S/C15H16N2O2/c1-10(16-2)13-7-14(9-17-8-13)11-4-3-5-12(6-11)15(18)19/h3-10,16H,1-2H3,(H,18,19). The van der Waals surface area contributed by atoms with Gasteiger partial charge < -0.3 is 10.4 Å². The summed E-state index contributed by atoms with van der Waals surface area (Å²) in [6, 6.07) is 9.10. The average molecular weight is 256 g/mol. The zero-order valence-electron chi connectivity index (χ0n) is 10.9. The van der Waals surface area contributed by atoms with Crippen LogP contribution in [-0.4, -0.2) is 23.1 Å². The van der Waals surface area contributed by atoms with Crippen LogP contribution in [0.1, 0.15) is 28.9 Å². The van der Waals surface area contributed by atoms with Gasteiger partial charge in [0, 0.05) is 24.0 Å². The average Bonchev–Trinajstić information content (AvgIpc) is 2.46. The lowest BCUT2D eigenvalue weighted by molar-refractivity contribution is 0.0697. The van der Waals surface area contributed by atoms with Gasteiger partial charge in [-0.15, -0.1) is 0 Å². The van der Waals surface area contributed by atoms with Crippen LogP contribution in [0.25, 0.3) is 11.1 Å². The molecule has 0 fully saturated rings. The van der Waals surface area contributed by atoms with Gasteiger partial charge in [0.25, 0.3) is 0 Å². The lowest BCUT2D eigenvalue weighted by atomic mass is 10.0. The Morgan fingerprint density at radius 1 is 1.26 bits per heavy atom. The zero-order chi connectivity index (χ0) is 13.8. The maximum atomic E-state index is 11.0. The SMILES string of the molecule is CNC(C)c1cncc(-c2cccc(C(=O)O)c2)c1. The first kappa shape index (κ1) is 13.2. The number of hydrogen-bond acceptors (Lipinski definition) is 3. The molecule has 0 aliphatic heterocycles. The number of rotatable bonds is 4. The van der Waals surface area contributed by atoms with Crippen molar-refractivity contribution in [1.82, 2.24) is 10.3 Å². The third-order valence-corrected chi connectivity index (χ3v) is 3.14. The van der Waals surface area contributed by atoms with Crippen LogP contribution in [0.5, 0.6) is 0 Å². The number of carbonyl (C=O) groups is 1. The van der Waals surface area contributed by atoms with Crippen molar-refractivity contribution < 1.29 is 9.90 Å². The highest BCUT2D eigenvalue weighted by molar-refractivity contribution is 5.89. The van der Waals surface area contributed by atoms with Crippen molar-refractivity contribution in [3.05, 3.63) is 53.9 Å². The first-order valence-electron chi connectivity index (χ1n) is 6.07. The molecule has 0 spiro atoms. The molecule has 1 unspecified atom stereocenters. The fourth-order valence-corrected chi connectivity index (χ4v) is 1.85. The van der Waals surface area contributed by atoms with Crippen molar-refractivity contribution in [1.29, 1.82) is 0 Å². The smallest absolute Gasteiger partial charge is 0.335 e. The molecule has 1 heterocycles. The molecule has 1 atom stereocenters. The Kier molecular flexibility index (Phi) is 3.92. The molecule has 0 aliphatic carbocycles. The molecule has 4 nitrogen and oxygen atoms in total. The number of carboxylic acids is 1. The van der Waals surface area contributed by atoms with E-state index in [2.05, 4.69) is 17.2 Å². The van der Waals surface area contributed by atoms with Gasteiger partial charge in [0.2, 0.25) is 0 Å². The van der Waals surface area contributed by atoms with Crippen molar-refractivity contribution in [3.63, 3.8) is 0 Å². The third-order valence-electron chi connectivity index (χ3n) is 3.14. The Bertz CT molecular complexity index is 596. The van der Waals surface area contributed by atoms with Gasteiger partial charge in [-0.25, -0.2) is 4.79 Å². The second-order valence-electron chi connectivity index (χ2n) is 4.40. The lowest BCUT2D eigenvalue weighted by Crippen LogP contribution is -2.12. The maximum Gasteiger partial charge on any atom is 0.335 e. The molecule has 1 aromatic carbocycles. The third kappa shape index (κ3) is 2.98. The predicted octanol–water partition coefficient (Wildman–Crippen LogP) is 2.73.